The van der Waals surface area contributed by atoms with E-state index in [2.05, 4.69) is 5.32 Å². The average Bonchev–Trinajstić information content (AvgIpc) is 2.51. The third-order valence-corrected chi connectivity index (χ3v) is 3.18. The molecule has 4 heteroatoms. The number of hydrogen-bond acceptors (Lipinski definition) is 3. The van der Waals surface area contributed by atoms with Gasteiger partial charge in [0.2, 0.25) is 0 Å². The second kappa shape index (κ2) is 6.98. The molecule has 1 unspecified atom stereocenters. The third-order valence-electron chi connectivity index (χ3n) is 3.18. The van der Waals surface area contributed by atoms with Crippen LogP contribution in [-0.4, -0.2) is 42.8 Å². The van der Waals surface area contributed by atoms with Crippen LogP contribution in [-0.2, 0) is 4.74 Å². The lowest BCUT2D eigenvalue weighted by Crippen LogP contribution is -2.37. The van der Waals surface area contributed by atoms with E-state index in [0.717, 1.165) is 19.5 Å². The Balaban J connectivity index is 2.26. The third kappa shape index (κ3) is 6.24. The smallest absolute Gasteiger partial charge is 0.410 e. The van der Waals surface area contributed by atoms with Crippen molar-refractivity contribution in [2.24, 2.45) is 0 Å². The van der Waals surface area contributed by atoms with Gasteiger partial charge in [-0.1, -0.05) is 12.8 Å². The molecule has 4 nitrogen and oxygen atoms in total. The Kier molecular flexibility index (Phi) is 5.93. The second-order valence-corrected chi connectivity index (χ2v) is 6.19. The zero-order chi connectivity index (χ0) is 13.6. The van der Waals surface area contributed by atoms with E-state index >= 15 is 0 Å². The van der Waals surface area contributed by atoms with Gasteiger partial charge in [0.25, 0.3) is 0 Å². The van der Waals surface area contributed by atoms with Crippen molar-refractivity contribution in [2.45, 2.75) is 64.5 Å². The standard InChI is InChI=1S/C14H28N2O2/c1-14(2,3)18-13(17)16(4)11-9-12-8-6-5-7-10-15-12/h12,15H,5-11H2,1-4H3. The molecule has 1 saturated heterocycles. The molecule has 106 valence electrons. The van der Waals surface area contributed by atoms with Crippen molar-refractivity contribution in [3.8, 4) is 0 Å². The molecular formula is C14H28N2O2. The predicted molar refractivity (Wildman–Crippen MR) is 73.7 cm³/mol. The Hall–Kier alpha value is -0.770. The fourth-order valence-corrected chi connectivity index (χ4v) is 2.13. The van der Waals surface area contributed by atoms with E-state index < -0.39 is 5.60 Å². The van der Waals surface area contributed by atoms with E-state index in [1.54, 1.807) is 4.90 Å². The van der Waals surface area contributed by atoms with Gasteiger partial charge in [-0.25, -0.2) is 4.79 Å². The summed E-state index contributed by atoms with van der Waals surface area (Å²) in [5, 5.41) is 3.55. The lowest BCUT2D eigenvalue weighted by molar-refractivity contribution is 0.0293. The van der Waals surface area contributed by atoms with Crippen LogP contribution in [0.5, 0.6) is 0 Å². The van der Waals surface area contributed by atoms with Gasteiger partial charge in [-0.3, -0.25) is 0 Å². The summed E-state index contributed by atoms with van der Waals surface area (Å²) >= 11 is 0. The van der Waals surface area contributed by atoms with E-state index in [1.807, 2.05) is 27.8 Å². The number of nitrogens with zero attached hydrogens (tertiary/aromatic N) is 1. The van der Waals surface area contributed by atoms with Crippen molar-refractivity contribution in [3.63, 3.8) is 0 Å². The maximum absolute atomic E-state index is 11.8. The summed E-state index contributed by atoms with van der Waals surface area (Å²) in [7, 11) is 1.81. The normalized spacial score (nSPS) is 21.2. The Bertz CT molecular complexity index is 253. The molecule has 1 aliphatic rings. The summed E-state index contributed by atoms with van der Waals surface area (Å²) in [6.07, 6.45) is 5.91. The van der Waals surface area contributed by atoms with Crippen LogP contribution >= 0.6 is 0 Å². The summed E-state index contributed by atoms with van der Waals surface area (Å²) in [6.45, 7) is 7.55. The highest BCUT2D eigenvalue weighted by molar-refractivity contribution is 5.67. The van der Waals surface area contributed by atoms with E-state index in [-0.39, 0.29) is 6.09 Å². The monoisotopic (exact) mass is 256 g/mol. The molecule has 1 atom stereocenters. The number of carbonyl (C=O) groups is 1. The molecule has 1 amide bonds. The van der Waals surface area contributed by atoms with Crippen LogP contribution in [0.3, 0.4) is 0 Å². The van der Waals surface area contributed by atoms with Crippen molar-refractivity contribution in [1.29, 1.82) is 0 Å². The number of hydrogen-bond donors (Lipinski definition) is 1. The number of amides is 1. The maximum Gasteiger partial charge on any atom is 0.410 e. The summed E-state index contributed by atoms with van der Waals surface area (Å²) in [5.74, 6) is 0. The van der Waals surface area contributed by atoms with Crippen molar-refractivity contribution < 1.29 is 9.53 Å². The zero-order valence-corrected chi connectivity index (χ0v) is 12.3. The van der Waals surface area contributed by atoms with Gasteiger partial charge < -0.3 is 15.0 Å². The fourth-order valence-electron chi connectivity index (χ4n) is 2.13. The molecule has 0 radical (unpaired) electrons. The van der Waals surface area contributed by atoms with Crippen LogP contribution in [0.15, 0.2) is 0 Å². The molecule has 1 N–H and O–H groups in total. The van der Waals surface area contributed by atoms with Crippen molar-refractivity contribution in [2.75, 3.05) is 20.1 Å². The number of carbonyl (C=O) groups excluding carboxylic acids is 1. The molecule has 0 aromatic heterocycles. The van der Waals surface area contributed by atoms with Crippen molar-refractivity contribution in [3.05, 3.63) is 0 Å². The predicted octanol–water partition coefficient (Wildman–Crippen LogP) is 2.78. The first-order valence-electron chi connectivity index (χ1n) is 7.06. The minimum atomic E-state index is -0.411. The molecule has 0 spiro atoms. The first-order chi connectivity index (χ1) is 8.38. The Morgan fingerprint density at radius 1 is 1.33 bits per heavy atom. The zero-order valence-electron chi connectivity index (χ0n) is 12.3. The van der Waals surface area contributed by atoms with Gasteiger partial charge in [-0.2, -0.15) is 0 Å². The molecule has 18 heavy (non-hydrogen) atoms. The first-order valence-corrected chi connectivity index (χ1v) is 7.06. The maximum atomic E-state index is 11.8. The highest BCUT2D eigenvalue weighted by Gasteiger charge is 2.20. The minimum absolute atomic E-state index is 0.226. The van der Waals surface area contributed by atoms with E-state index in [4.69, 9.17) is 4.74 Å². The van der Waals surface area contributed by atoms with E-state index in [0.29, 0.717) is 6.04 Å². The highest BCUT2D eigenvalue weighted by Crippen LogP contribution is 2.13. The van der Waals surface area contributed by atoms with Gasteiger partial charge in [0.05, 0.1) is 0 Å². The van der Waals surface area contributed by atoms with Crippen LogP contribution in [0.2, 0.25) is 0 Å². The summed E-state index contributed by atoms with van der Waals surface area (Å²) in [4.78, 5) is 13.5. The lowest BCUT2D eigenvalue weighted by atomic mass is 10.1. The van der Waals surface area contributed by atoms with Gasteiger partial charge in [0.15, 0.2) is 0 Å². The second-order valence-electron chi connectivity index (χ2n) is 6.19. The molecule has 0 aromatic rings. The fraction of sp³-hybridized carbons (Fsp3) is 0.929. The van der Waals surface area contributed by atoms with Crippen LogP contribution in [0.25, 0.3) is 0 Å². The van der Waals surface area contributed by atoms with Gasteiger partial charge >= 0.3 is 6.09 Å². The van der Waals surface area contributed by atoms with E-state index in [1.165, 1.54) is 25.7 Å². The molecule has 0 saturated carbocycles. The van der Waals surface area contributed by atoms with Crippen LogP contribution in [0.1, 0.15) is 52.9 Å². The molecule has 1 heterocycles. The number of nitrogens with one attached hydrogen (secondary N) is 1. The van der Waals surface area contributed by atoms with Gasteiger partial charge in [0.1, 0.15) is 5.60 Å². The summed E-state index contributed by atoms with van der Waals surface area (Å²) in [6, 6.07) is 0.553. The Labute approximate surface area is 111 Å². The Morgan fingerprint density at radius 3 is 2.72 bits per heavy atom. The Morgan fingerprint density at radius 2 is 2.06 bits per heavy atom. The van der Waals surface area contributed by atoms with Crippen LogP contribution < -0.4 is 5.32 Å². The topological polar surface area (TPSA) is 41.6 Å². The first kappa shape index (κ1) is 15.3. The highest BCUT2D eigenvalue weighted by atomic mass is 16.6. The molecular weight excluding hydrogens is 228 g/mol. The number of rotatable bonds is 3. The van der Waals surface area contributed by atoms with Crippen molar-refractivity contribution >= 4 is 6.09 Å². The van der Waals surface area contributed by atoms with Gasteiger partial charge in [-0.05, 0) is 46.6 Å². The summed E-state index contributed by atoms with van der Waals surface area (Å²) < 4.78 is 5.33. The number of ether oxygens (including phenoxy) is 1. The molecule has 0 aromatic carbocycles. The van der Waals surface area contributed by atoms with Crippen LogP contribution in [0.4, 0.5) is 4.79 Å². The largest absolute Gasteiger partial charge is 0.444 e. The van der Waals surface area contributed by atoms with Gasteiger partial charge in [-0.15, -0.1) is 0 Å². The van der Waals surface area contributed by atoms with Crippen LogP contribution in [0, 0.1) is 0 Å². The quantitative estimate of drug-likeness (QED) is 0.844. The van der Waals surface area contributed by atoms with Crippen molar-refractivity contribution in [1.82, 2.24) is 10.2 Å². The van der Waals surface area contributed by atoms with Gasteiger partial charge in [0, 0.05) is 19.6 Å². The average molecular weight is 256 g/mol. The van der Waals surface area contributed by atoms with E-state index in [9.17, 15) is 4.79 Å². The minimum Gasteiger partial charge on any atom is -0.444 e. The summed E-state index contributed by atoms with van der Waals surface area (Å²) in [5.41, 5.74) is -0.411. The molecule has 1 fully saturated rings. The molecule has 0 aliphatic carbocycles. The molecule has 0 bridgehead atoms. The molecule has 1 rings (SSSR count). The lowest BCUT2D eigenvalue weighted by Gasteiger charge is -2.26. The molecule has 1 aliphatic heterocycles. The SMILES string of the molecule is CN(CCC1CCCCCN1)C(=O)OC(C)(C)C.